The smallest absolute Gasteiger partial charge is 0.191 e. The summed E-state index contributed by atoms with van der Waals surface area (Å²) in [6.45, 7) is 7.86. The highest BCUT2D eigenvalue weighted by Crippen LogP contribution is 2.34. The van der Waals surface area contributed by atoms with Crippen molar-refractivity contribution < 1.29 is 4.74 Å². The van der Waals surface area contributed by atoms with Gasteiger partial charge in [0.25, 0.3) is 0 Å². The van der Waals surface area contributed by atoms with Gasteiger partial charge >= 0.3 is 0 Å². The molecule has 0 bridgehead atoms. The standard InChI is InChI=1S/C22H31N3OS.HI/c1-21(2,19-10-7-15-27-19)16-24-20(23-3)25-17-22(11-13-26-14-12-22)18-8-5-4-6-9-18;/h4-10,15H,11-14,16-17H2,1-3H3,(H2,23,24,25);1H. The van der Waals surface area contributed by atoms with Gasteiger partial charge < -0.3 is 15.4 Å². The molecule has 3 rings (SSSR count). The Hall–Kier alpha value is -1.12. The molecule has 0 amide bonds. The molecule has 4 nitrogen and oxygen atoms in total. The first-order valence-electron chi connectivity index (χ1n) is 9.68. The first-order chi connectivity index (χ1) is 13.1. The van der Waals surface area contributed by atoms with E-state index in [2.05, 4.69) is 77.3 Å². The van der Waals surface area contributed by atoms with Crippen LogP contribution in [-0.4, -0.2) is 39.3 Å². The fourth-order valence-corrected chi connectivity index (χ4v) is 4.50. The predicted molar refractivity (Wildman–Crippen MR) is 130 cm³/mol. The third-order valence-electron chi connectivity index (χ3n) is 5.54. The summed E-state index contributed by atoms with van der Waals surface area (Å²) in [6, 6.07) is 15.1. The van der Waals surface area contributed by atoms with Gasteiger partial charge in [-0.3, -0.25) is 4.99 Å². The Morgan fingerprint density at radius 2 is 1.82 bits per heavy atom. The van der Waals surface area contributed by atoms with Crippen molar-refractivity contribution in [2.45, 2.75) is 37.5 Å². The van der Waals surface area contributed by atoms with Crippen molar-refractivity contribution >= 4 is 41.3 Å². The van der Waals surface area contributed by atoms with Crippen LogP contribution in [0.2, 0.25) is 0 Å². The molecule has 1 aliphatic rings. The third kappa shape index (κ3) is 5.70. The molecule has 2 aromatic rings. The van der Waals surface area contributed by atoms with Crippen molar-refractivity contribution in [2.24, 2.45) is 4.99 Å². The summed E-state index contributed by atoms with van der Waals surface area (Å²) in [4.78, 5) is 5.83. The molecule has 1 saturated heterocycles. The number of rotatable bonds is 6. The second-order valence-corrected chi connectivity index (χ2v) is 8.85. The zero-order valence-electron chi connectivity index (χ0n) is 17.0. The molecule has 6 heteroatoms. The minimum Gasteiger partial charge on any atom is -0.381 e. The molecule has 0 saturated carbocycles. The molecule has 2 N–H and O–H groups in total. The van der Waals surface area contributed by atoms with Crippen molar-refractivity contribution in [3.05, 3.63) is 58.3 Å². The number of nitrogens with one attached hydrogen (secondary N) is 2. The minimum absolute atomic E-state index is 0. The van der Waals surface area contributed by atoms with Crippen molar-refractivity contribution in [1.82, 2.24) is 10.6 Å². The number of aliphatic imine (C=N–C) groups is 1. The van der Waals surface area contributed by atoms with E-state index < -0.39 is 0 Å². The molecular weight excluding hydrogens is 481 g/mol. The Bertz CT molecular complexity index is 726. The van der Waals surface area contributed by atoms with E-state index in [0.717, 1.165) is 45.1 Å². The van der Waals surface area contributed by atoms with E-state index in [4.69, 9.17) is 4.74 Å². The fourth-order valence-electron chi connectivity index (χ4n) is 3.65. The summed E-state index contributed by atoms with van der Waals surface area (Å²) in [5, 5.41) is 9.24. The van der Waals surface area contributed by atoms with E-state index in [-0.39, 0.29) is 34.8 Å². The Labute approximate surface area is 190 Å². The van der Waals surface area contributed by atoms with Crippen LogP contribution < -0.4 is 10.6 Å². The van der Waals surface area contributed by atoms with Crippen molar-refractivity contribution in [1.29, 1.82) is 0 Å². The first kappa shape index (κ1) is 23.2. The number of nitrogens with zero attached hydrogens (tertiary/aromatic N) is 1. The summed E-state index contributed by atoms with van der Waals surface area (Å²) < 4.78 is 5.64. The first-order valence-corrected chi connectivity index (χ1v) is 10.6. The number of guanidine groups is 1. The van der Waals surface area contributed by atoms with Gasteiger partial charge in [-0.05, 0) is 29.9 Å². The van der Waals surface area contributed by atoms with Gasteiger partial charge in [-0.1, -0.05) is 50.2 Å². The lowest BCUT2D eigenvalue weighted by Crippen LogP contribution is -2.49. The van der Waals surface area contributed by atoms with Crippen molar-refractivity contribution in [2.75, 3.05) is 33.4 Å². The second-order valence-electron chi connectivity index (χ2n) is 7.90. The Balaban J connectivity index is 0.00000280. The lowest BCUT2D eigenvalue weighted by molar-refractivity contribution is 0.0514. The average molecular weight is 513 g/mol. The monoisotopic (exact) mass is 513 g/mol. The highest BCUT2D eigenvalue weighted by molar-refractivity contribution is 14.0. The molecule has 0 unspecified atom stereocenters. The van der Waals surface area contributed by atoms with Crippen LogP contribution in [0.3, 0.4) is 0 Å². The van der Waals surface area contributed by atoms with Crippen LogP contribution in [-0.2, 0) is 15.6 Å². The molecule has 0 atom stereocenters. The lowest BCUT2D eigenvalue weighted by Gasteiger charge is -2.38. The van der Waals surface area contributed by atoms with Crippen LogP contribution >= 0.6 is 35.3 Å². The zero-order chi connectivity index (χ0) is 19.2. The highest BCUT2D eigenvalue weighted by atomic mass is 127. The van der Waals surface area contributed by atoms with E-state index in [1.165, 1.54) is 10.4 Å². The van der Waals surface area contributed by atoms with Gasteiger partial charge in [-0.25, -0.2) is 0 Å². The van der Waals surface area contributed by atoms with Gasteiger partial charge in [-0.2, -0.15) is 0 Å². The highest BCUT2D eigenvalue weighted by Gasteiger charge is 2.34. The molecule has 1 fully saturated rings. The van der Waals surface area contributed by atoms with E-state index in [9.17, 15) is 0 Å². The molecule has 2 heterocycles. The largest absolute Gasteiger partial charge is 0.381 e. The Kier molecular flexibility index (Phi) is 8.77. The molecule has 1 aromatic heterocycles. The number of benzene rings is 1. The molecule has 0 radical (unpaired) electrons. The van der Waals surface area contributed by atoms with Crippen LogP contribution in [0, 0.1) is 0 Å². The maximum absolute atomic E-state index is 5.64. The quantitative estimate of drug-likeness (QED) is 0.338. The lowest BCUT2D eigenvalue weighted by atomic mass is 9.74. The number of ether oxygens (including phenoxy) is 1. The number of halogens is 1. The van der Waals surface area contributed by atoms with Crippen LogP contribution in [0.25, 0.3) is 0 Å². The van der Waals surface area contributed by atoms with Crippen LogP contribution in [0.15, 0.2) is 52.8 Å². The van der Waals surface area contributed by atoms with Gasteiger partial charge in [0.15, 0.2) is 5.96 Å². The normalized spacial score (nSPS) is 16.9. The second kappa shape index (κ2) is 10.6. The van der Waals surface area contributed by atoms with Crippen LogP contribution in [0.1, 0.15) is 37.1 Å². The summed E-state index contributed by atoms with van der Waals surface area (Å²) in [5.74, 6) is 0.862. The maximum atomic E-state index is 5.64. The molecule has 1 aliphatic heterocycles. The summed E-state index contributed by atoms with van der Waals surface area (Å²) in [6.07, 6.45) is 2.06. The molecule has 28 heavy (non-hydrogen) atoms. The van der Waals surface area contributed by atoms with Gasteiger partial charge in [0.05, 0.1) is 0 Å². The van der Waals surface area contributed by atoms with Crippen LogP contribution in [0.4, 0.5) is 0 Å². The minimum atomic E-state index is 0. The van der Waals surface area contributed by atoms with Crippen LogP contribution in [0.5, 0.6) is 0 Å². The molecule has 0 spiro atoms. The summed E-state index contributed by atoms with van der Waals surface area (Å²) in [7, 11) is 1.84. The molecular formula is C22H32IN3OS. The van der Waals surface area contributed by atoms with E-state index in [1.54, 1.807) is 0 Å². The van der Waals surface area contributed by atoms with Gasteiger partial charge in [0, 0.05) is 49.1 Å². The fraction of sp³-hybridized carbons (Fsp3) is 0.500. The predicted octanol–water partition coefficient (Wildman–Crippen LogP) is 4.56. The van der Waals surface area contributed by atoms with E-state index in [0.29, 0.717) is 0 Å². The average Bonchev–Trinajstić information content (AvgIpc) is 3.25. The molecule has 1 aromatic carbocycles. The zero-order valence-corrected chi connectivity index (χ0v) is 20.2. The van der Waals surface area contributed by atoms with Gasteiger partial charge in [-0.15, -0.1) is 35.3 Å². The molecule has 154 valence electrons. The summed E-state index contributed by atoms with van der Waals surface area (Å²) >= 11 is 1.81. The number of thiophene rings is 1. The Morgan fingerprint density at radius 3 is 2.43 bits per heavy atom. The van der Waals surface area contributed by atoms with Crippen molar-refractivity contribution in [3.63, 3.8) is 0 Å². The molecule has 0 aliphatic carbocycles. The summed E-state index contributed by atoms with van der Waals surface area (Å²) in [5.41, 5.74) is 1.55. The third-order valence-corrected chi connectivity index (χ3v) is 6.78. The van der Waals surface area contributed by atoms with E-state index >= 15 is 0 Å². The topological polar surface area (TPSA) is 45.7 Å². The number of hydrogen-bond donors (Lipinski definition) is 2. The maximum Gasteiger partial charge on any atom is 0.191 e. The van der Waals surface area contributed by atoms with E-state index in [1.807, 2.05) is 18.4 Å². The SMILES string of the molecule is CN=C(NCC(C)(C)c1cccs1)NCC1(c2ccccc2)CCOCC1.I. The Morgan fingerprint density at radius 1 is 1.11 bits per heavy atom. The van der Waals surface area contributed by atoms with Gasteiger partial charge in [0.2, 0.25) is 0 Å². The number of hydrogen-bond acceptors (Lipinski definition) is 3. The van der Waals surface area contributed by atoms with Gasteiger partial charge in [0.1, 0.15) is 0 Å². The van der Waals surface area contributed by atoms with Crippen molar-refractivity contribution in [3.8, 4) is 0 Å².